The highest BCUT2D eigenvalue weighted by atomic mass is 32.2. The average Bonchev–Trinajstić information content (AvgIpc) is 3.28. The fraction of sp³-hybridized carbons (Fsp3) is 0.300. The summed E-state index contributed by atoms with van der Waals surface area (Å²) in [6.45, 7) is 4.19. The van der Waals surface area contributed by atoms with Crippen LogP contribution in [0.5, 0.6) is 0 Å². The number of fused-ring (bicyclic) bond motifs is 1. The minimum Gasteiger partial charge on any atom is -0.325 e. The van der Waals surface area contributed by atoms with Crippen LogP contribution in [0.25, 0.3) is 10.2 Å². The zero-order chi connectivity index (χ0) is 19.9. The number of nitrogens with one attached hydrogen (secondary N) is 1. The Kier molecular flexibility index (Phi) is 4.95. The third-order valence-corrected chi connectivity index (χ3v) is 7.77. The lowest BCUT2D eigenvalue weighted by molar-refractivity contribution is -0.119. The number of anilines is 1. The van der Waals surface area contributed by atoms with E-state index in [1.54, 1.807) is 35.6 Å². The summed E-state index contributed by atoms with van der Waals surface area (Å²) in [6, 6.07) is 11.6. The van der Waals surface area contributed by atoms with Gasteiger partial charge in [0.15, 0.2) is 0 Å². The van der Waals surface area contributed by atoms with Crippen molar-refractivity contribution in [2.75, 3.05) is 11.9 Å². The minimum atomic E-state index is -3.71. The lowest BCUT2D eigenvalue weighted by Crippen LogP contribution is -2.43. The van der Waals surface area contributed by atoms with Crippen LogP contribution in [-0.4, -0.2) is 36.2 Å². The van der Waals surface area contributed by atoms with E-state index in [1.807, 2.05) is 32.0 Å². The van der Waals surface area contributed by atoms with E-state index in [1.165, 1.54) is 4.31 Å². The molecule has 3 aromatic rings. The number of nitrogens with zero attached hydrogens (tertiary/aromatic N) is 2. The van der Waals surface area contributed by atoms with Gasteiger partial charge in [0.2, 0.25) is 15.9 Å². The fourth-order valence-electron chi connectivity index (χ4n) is 3.48. The van der Waals surface area contributed by atoms with Crippen molar-refractivity contribution in [3.63, 3.8) is 0 Å². The number of thiazole rings is 1. The van der Waals surface area contributed by atoms with E-state index in [0.717, 1.165) is 20.8 Å². The van der Waals surface area contributed by atoms with Gasteiger partial charge in [-0.05, 0) is 57.0 Å². The lowest BCUT2D eigenvalue weighted by Gasteiger charge is -2.23. The number of aryl methyl sites for hydroxylation is 2. The highest BCUT2D eigenvalue weighted by Crippen LogP contribution is 2.28. The molecular formula is C20H21N3O3S2. The lowest BCUT2D eigenvalue weighted by atomic mass is 10.2. The molecule has 1 aromatic heterocycles. The van der Waals surface area contributed by atoms with Crippen LogP contribution in [0.2, 0.25) is 0 Å². The molecule has 0 bridgehead atoms. The molecule has 28 heavy (non-hydrogen) atoms. The molecule has 2 heterocycles. The summed E-state index contributed by atoms with van der Waals surface area (Å²) in [7, 11) is -3.71. The Morgan fingerprint density at radius 2 is 1.93 bits per heavy atom. The Labute approximate surface area is 168 Å². The van der Waals surface area contributed by atoms with E-state index >= 15 is 0 Å². The zero-order valence-corrected chi connectivity index (χ0v) is 17.3. The number of amides is 1. The Morgan fingerprint density at radius 3 is 2.68 bits per heavy atom. The summed E-state index contributed by atoms with van der Waals surface area (Å²) in [6.07, 6.45) is 1.17. The zero-order valence-electron chi connectivity index (χ0n) is 15.7. The van der Waals surface area contributed by atoms with Crippen LogP contribution in [0, 0.1) is 13.8 Å². The minimum absolute atomic E-state index is 0.220. The van der Waals surface area contributed by atoms with E-state index < -0.39 is 16.1 Å². The van der Waals surface area contributed by atoms with E-state index in [-0.39, 0.29) is 10.8 Å². The second kappa shape index (κ2) is 7.27. The van der Waals surface area contributed by atoms with Crippen LogP contribution in [0.15, 0.2) is 47.4 Å². The first-order chi connectivity index (χ1) is 13.3. The number of rotatable bonds is 4. The number of hydrogen-bond donors (Lipinski definition) is 1. The van der Waals surface area contributed by atoms with Crippen molar-refractivity contribution in [3.8, 4) is 0 Å². The first-order valence-corrected chi connectivity index (χ1v) is 11.4. The maximum atomic E-state index is 13.0. The molecule has 1 saturated heterocycles. The quantitative estimate of drug-likeness (QED) is 0.705. The number of benzene rings is 2. The Bertz CT molecular complexity index is 1140. The molecule has 1 fully saturated rings. The van der Waals surface area contributed by atoms with Crippen LogP contribution in [-0.2, 0) is 14.8 Å². The molecule has 0 aliphatic carbocycles. The molecule has 1 aliphatic rings. The summed E-state index contributed by atoms with van der Waals surface area (Å²) < 4.78 is 28.4. The van der Waals surface area contributed by atoms with Crippen LogP contribution < -0.4 is 5.32 Å². The fourth-order valence-corrected chi connectivity index (χ4v) is 5.95. The highest BCUT2D eigenvalue weighted by molar-refractivity contribution is 7.89. The summed E-state index contributed by atoms with van der Waals surface area (Å²) in [5, 5.41) is 3.83. The third kappa shape index (κ3) is 3.55. The van der Waals surface area contributed by atoms with Crippen molar-refractivity contribution in [2.24, 2.45) is 0 Å². The standard InChI is InChI=1S/C20H21N3O3S2/c1-13-5-8-16(9-6-13)28(25,26)23-11-3-4-18(23)20(24)22-15-7-10-19-17(12-15)21-14(2)27-19/h5-10,12,18H,3-4,11H2,1-2H3,(H,22,24). The summed E-state index contributed by atoms with van der Waals surface area (Å²) in [4.78, 5) is 17.5. The monoisotopic (exact) mass is 415 g/mol. The van der Waals surface area contributed by atoms with Gasteiger partial charge >= 0.3 is 0 Å². The van der Waals surface area contributed by atoms with E-state index in [2.05, 4.69) is 10.3 Å². The molecule has 146 valence electrons. The van der Waals surface area contributed by atoms with Crippen LogP contribution in [0.4, 0.5) is 5.69 Å². The van der Waals surface area contributed by atoms with Gasteiger partial charge < -0.3 is 5.32 Å². The predicted octanol–water partition coefficient (Wildman–Crippen LogP) is 3.70. The van der Waals surface area contributed by atoms with Crippen molar-refractivity contribution in [1.29, 1.82) is 0 Å². The molecule has 0 radical (unpaired) electrons. The first-order valence-electron chi connectivity index (χ1n) is 9.11. The molecule has 1 atom stereocenters. The molecular weight excluding hydrogens is 394 g/mol. The Balaban J connectivity index is 1.56. The van der Waals surface area contributed by atoms with Gasteiger partial charge in [-0.25, -0.2) is 13.4 Å². The van der Waals surface area contributed by atoms with Crippen molar-refractivity contribution >= 4 is 43.2 Å². The van der Waals surface area contributed by atoms with Gasteiger partial charge in [0.05, 0.1) is 20.1 Å². The SMILES string of the molecule is Cc1ccc(S(=O)(=O)N2CCCC2C(=O)Nc2ccc3sc(C)nc3c2)cc1. The number of aromatic nitrogens is 1. The van der Waals surface area contributed by atoms with E-state index in [4.69, 9.17) is 0 Å². The van der Waals surface area contributed by atoms with Crippen molar-refractivity contribution in [2.45, 2.75) is 37.6 Å². The normalized spacial score (nSPS) is 17.9. The number of sulfonamides is 1. The predicted molar refractivity (Wildman–Crippen MR) is 111 cm³/mol. The first kappa shape index (κ1) is 19.0. The topological polar surface area (TPSA) is 79.4 Å². The van der Waals surface area contributed by atoms with Crippen molar-refractivity contribution in [3.05, 3.63) is 53.0 Å². The van der Waals surface area contributed by atoms with E-state index in [9.17, 15) is 13.2 Å². The number of hydrogen-bond acceptors (Lipinski definition) is 5. The second-order valence-corrected chi connectivity index (χ2v) is 10.1. The van der Waals surface area contributed by atoms with Gasteiger partial charge in [-0.2, -0.15) is 4.31 Å². The molecule has 8 heteroatoms. The smallest absolute Gasteiger partial charge is 0.243 e. The summed E-state index contributed by atoms with van der Waals surface area (Å²) in [5.74, 6) is -0.306. The van der Waals surface area contributed by atoms with Crippen LogP contribution in [0.1, 0.15) is 23.4 Å². The maximum Gasteiger partial charge on any atom is 0.243 e. The summed E-state index contributed by atoms with van der Waals surface area (Å²) >= 11 is 1.60. The molecule has 0 saturated carbocycles. The van der Waals surface area contributed by atoms with Crippen molar-refractivity contribution < 1.29 is 13.2 Å². The van der Waals surface area contributed by atoms with Gasteiger partial charge in [-0.3, -0.25) is 4.79 Å². The molecule has 0 spiro atoms. The highest BCUT2D eigenvalue weighted by Gasteiger charge is 2.39. The molecule has 1 amide bonds. The molecule has 1 unspecified atom stereocenters. The largest absolute Gasteiger partial charge is 0.325 e. The maximum absolute atomic E-state index is 13.0. The Morgan fingerprint density at radius 1 is 1.18 bits per heavy atom. The molecule has 1 aliphatic heterocycles. The molecule has 6 nitrogen and oxygen atoms in total. The van der Waals surface area contributed by atoms with Gasteiger partial charge in [0.25, 0.3) is 0 Å². The van der Waals surface area contributed by atoms with Gasteiger partial charge in [-0.1, -0.05) is 17.7 Å². The third-order valence-electron chi connectivity index (χ3n) is 4.90. The van der Waals surface area contributed by atoms with Gasteiger partial charge in [0.1, 0.15) is 6.04 Å². The van der Waals surface area contributed by atoms with Gasteiger partial charge in [0, 0.05) is 12.2 Å². The van der Waals surface area contributed by atoms with Crippen molar-refractivity contribution in [1.82, 2.24) is 9.29 Å². The second-order valence-electron chi connectivity index (χ2n) is 6.99. The average molecular weight is 416 g/mol. The Hall–Kier alpha value is -2.29. The number of carbonyl (C=O) groups excluding carboxylic acids is 1. The molecule has 4 rings (SSSR count). The van der Waals surface area contributed by atoms with Crippen LogP contribution >= 0.6 is 11.3 Å². The summed E-state index contributed by atoms with van der Waals surface area (Å²) in [5.41, 5.74) is 2.44. The molecule has 1 N–H and O–H groups in total. The molecule has 2 aromatic carbocycles. The number of carbonyl (C=O) groups is 1. The van der Waals surface area contributed by atoms with E-state index in [0.29, 0.717) is 25.1 Å². The van der Waals surface area contributed by atoms with Gasteiger partial charge in [-0.15, -0.1) is 11.3 Å². The van der Waals surface area contributed by atoms with Crippen LogP contribution in [0.3, 0.4) is 0 Å².